The summed E-state index contributed by atoms with van der Waals surface area (Å²) in [7, 11) is 0. The fourth-order valence-electron chi connectivity index (χ4n) is 6.51. The van der Waals surface area contributed by atoms with E-state index in [2.05, 4.69) is 52.7 Å². The van der Waals surface area contributed by atoms with Crippen molar-refractivity contribution in [1.82, 2.24) is 10.2 Å². The molecule has 3 fully saturated rings. The number of hydrogen-bond acceptors (Lipinski definition) is 3. The molecular formula is C26H38Cl2N2O. The summed E-state index contributed by atoms with van der Waals surface area (Å²) in [5.41, 5.74) is 0.784. The third-order valence-corrected chi connectivity index (χ3v) is 8.13. The first-order chi connectivity index (χ1) is 14.2. The quantitative estimate of drug-likeness (QED) is 0.635. The number of halogens is 2. The summed E-state index contributed by atoms with van der Waals surface area (Å²) in [4.78, 5) is 2.58. The Morgan fingerprint density at radius 1 is 0.935 bits per heavy atom. The van der Waals surface area contributed by atoms with Crippen molar-refractivity contribution in [3.8, 4) is 0 Å². The van der Waals surface area contributed by atoms with Crippen LogP contribution in [-0.2, 0) is 0 Å². The Bertz CT molecular complexity index is 836. The van der Waals surface area contributed by atoms with Crippen molar-refractivity contribution in [3.63, 3.8) is 0 Å². The third kappa shape index (κ3) is 5.23. The van der Waals surface area contributed by atoms with Crippen LogP contribution in [0.25, 0.3) is 10.8 Å². The second kappa shape index (κ2) is 10.9. The highest BCUT2D eigenvalue weighted by Crippen LogP contribution is 2.50. The van der Waals surface area contributed by atoms with Crippen LogP contribution in [0.5, 0.6) is 0 Å². The number of nitrogens with zero attached hydrogens (tertiary/aromatic N) is 1. The van der Waals surface area contributed by atoms with Crippen molar-refractivity contribution in [1.29, 1.82) is 0 Å². The van der Waals surface area contributed by atoms with Gasteiger partial charge in [0.1, 0.15) is 0 Å². The normalized spacial score (nSPS) is 30.0. The van der Waals surface area contributed by atoms with Gasteiger partial charge in [0.25, 0.3) is 0 Å². The van der Waals surface area contributed by atoms with Gasteiger partial charge in [-0.25, -0.2) is 0 Å². The van der Waals surface area contributed by atoms with Gasteiger partial charge in [-0.15, -0.1) is 24.8 Å². The number of nitrogens with one attached hydrogen (secondary N) is 1. The Labute approximate surface area is 199 Å². The largest absolute Gasteiger partial charge is 0.389 e. The second-order valence-corrected chi connectivity index (χ2v) is 9.82. The summed E-state index contributed by atoms with van der Waals surface area (Å²) in [5.74, 6) is 1.77. The van der Waals surface area contributed by atoms with Crippen LogP contribution >= 0.6 is 24.8 Å². The van der Waals surface area contributed by atoms with Crippen molar-refractivity contribution < 1.29 is 5.11 Å². The molecule has 3 nitrogen and oxygen atoms in total. The highest BCUT2D eigenvalue weighted by molar-refractivity contribution is 5.86. The van der Waals surface area contributed by atoms with E-state index in [1.54, 1.807) is 0 Å². The van der Waals surface area contributed by atoms with Crippen LogP contribution in [0.2, 0.25) is 0 Å². The monoisotopic (exact) mass is 464 g/mol. The molecule has 4 atom stereocenters. The SMILES string of the molecule is Cl.Cl.OC1(C(CN2CCNCC2)c2cccc3ccccc23)CCC2CCCCC2C1. The Kier molecular flexibility index (Phi) is 8.68. The lowest BCUT2D eigenvalue weighted by Crippen LogP contribution is -2.51. The predicted molar refractivity (Wildman–Crippen MR) is 135 cm³/mol. The molecule has 2 N–H and O–H groups in total. The molecule has 2 aromatic carbocycles. The Balaban J connectivity index is 0.00000136. The van der Waals surface area contributed by atoms with Gasteiger partial charge in [0.2, 0.25) is 0 Å². The fraction of sp³-hybridized carbons (Fsp3) is 0.615. The molecule has 1 heterocycles. The highest BCUT2D eigenvalue weighted by atomic mass is 35.5. The molecular weight excluding hydrogens is 427 g/mol. The fourth-order valence-corrected chi connectivity index (χ4v) is 6.51. The van der Waals surface area contributed by atoms with E-state index in [1.807, 2.05) is 0 Å². The lowest BCUT2D eigenvalue weighted by atomic mass is 9.61. The number of piperazine rings is 1. The Morgan fingerprint density at radius 2 is 1.65 bits per heavy atom. The molecule has 0 radical (unpaired) electrons. The number of aliphatic hydroxyl groups is 1. The number of rotatable bonds is 4. The summed E-state index contributed by atoms with van der Waals surface area (Å²) in [6.07, 6.45) is 8.64. The minimum Gasteiger partial charge on any atom is -0.389 e. The van der Waals surface area contributed by atoms with Crippen molar-refractivity contribution in [3.05, 3.63) is 48.0 Å². The van der Waals surface area contributed by atoms with Gasteiger partial charge in [-0.2, -0.15) is 0 Å². The van der Waals surface area contributed by atoms with Crippen LogP contribution in [0, 0.1) is 11.8 Å². The predicted octanol–water partition coefficient (Wildman–Crippen LogP) is 5.39. The van der Waals surface area contributed by atoms with Gasteiger partial charge in [0.15, 0.2) is 0 Å². The summed E-state index contributed by atoms with van der Waals surface area (Å²) < 4.78 is 0. The first-order valence-electron chi connectivity index (χ1n) is 11.9. The molecule has 3 aliphatic rings. The minimum atomic E-state index is -0.576. The summed E-state index contributed by atoms with van der Waals surface area (Å²) in [5, 5.41) is 18.3. The maximum atomic E-state index is 12.2. The molecule has 0 spiro atoms. The first kappa shape index (κ1) is 24.8. The van der Waals surface area contributed by atoms with Gasteiger partial charge >= 0.3 is 0 Å². The average molecular weight is 466 g/mol. The van der Waals surface area contributed by atoms with E-state index in [-0.39, 0.29) is 30.7 Å². The molecule has 31 heavy (non-hydrogen) atoms. The Hall–Kier alpha value is -0.840. The maximum Gasteiger partial charge on any atom is 0.0731 e. The number of hydrogen-bond donors (Lipinski definition) is 2. The molecule has 0 amide bonds. The summed E-state index contributed by atoms with van der Waals surface area (Å²) in [6, 6.07) is 15.4. The van der Waals surface area contributed by atoms with E-state index in [0.29, 0.717) is 0 Å². The molecule has 4 unspecified atom stereocenters. The van der Waals surface area contributed by atoms with Crippen molar-refractivity contribution in [2.24, 2.45) is 11.8 Å². The summed E-state index contributed by atoms with van der Waals surface area (Å²) >= 11 is 0. The van der Waals surface area contributed by atoms with Crippen molar-refractivity contribution >= 4 is 35.6 Å². The lowest BCUT2D eigenvalue weighted by Gasteiger charge is -2.49. The molecule has 0 bridgehead atoms. The van der Waals surface area contributed by atoms with Crippen LogP contribution in [0.1, 0.15) is 56.4 Å². The van der Waals surface area contributed by atoms with Crippen LogP contribution in [0.4, 0.5) is 0 Å². The van der Waals surface area contributed by atoms with Gasteiger partial charge in [-0.05, 0) is 47.4 Å². The molecule has 5 heteroatoms. The van der Waals surface area contributed by atoms with E-state index in [0.717, 1.165) is 57.4 Å². The lowest BCUT2D eigenvalue weighted by molar-refractivity contribution is -0.0708. The number of fused-ring (bicyclic) bond motifs is 2. The van der Waals surface area contributed by atoms with E-state index in [4.69, 9.17) is 0 Å². The topological polar surface area (TPSA) is 35.5 Å². The van der Waals surface area contributed by atoms with Gasteiger partial charge in [0.05, 0.1) is 5.60 Å². The zero-order chi connectivity index (χ0) is 19.7. The zero-order valence-electron chi connectivity index (χ0n) is 18.5. The Morgan fingerprint density at radius 3 is 2.45 bits per heavy atom. The average Bonchev–Trinajstić information content (AvgIpc) is 2.78. The van der Waals surface area contributed by atoms with Crippen LogP contribution < -0.4 is 5.32 Å². The maximum absolute atomic E-state index is 12.2. The third-order valence-electron chi connectivity index (χ3n) is 8.13. The second-order valence-electron chi connectivity index (χ2n) is 9.82. The van der Waals surface area contributed by atoms with Gasteiger partial charge in [-0.1, -0.05) is 68.1 Å². The molecule has 5 rings (SSSR count). The minimum absolute atomic E-state index is 0. The van der Waals surface area contributed by atoms with Crippen LogP contribution in [-0.4, -0.2) is 48.3 Å². The van der Waals surface area contributed by atoms with Gasteiger partial charge in [-0.3, -0.25) is 0 Å². The molecule has 2 aromatic rings. The van der Waals surface area contributed by atoms with E-state index < -0.39 is 5.60 Å². The standard InChI is InChI=1S/C26H36N2O.2ClH/c29-26(13-12-20-6-1-2-8-22(20)18-26)25(19-28-16-14-27-15-17-28)24-11-5-9-21-7-3-4-10-23(21)24;;/h3-5,7,9-11,20,22,25,27,29H,1-2,6,8,12-19H2;2*1H. The van der Waals surface area contributed by atoms with Crippen molar-refractivity contribution in [2.45, 2.75) is 56.5 Å². The molecule has 1 aliphatic heterocycles. The number of benzene rings is 2. The molecule has 1 saturated heterocycles. The molecule has 2 aliphatic carbocycles. The molecule has 0 aromatic heterocycles. The highest BCUT2D eigenvalue weighted by Gasteiger charge is 2.46. The van der Waals surface area contributed by atoms with E-state index >= 15 is 0 Å². The molecule has 172 valence electrons. The van der Waals surface area contributed by atoms with Gasteiger partial charge < -0.3 is 15.3 Å². The zero-order valence-corrected chi connectivity index (χ0v) is 20.1. The van der Waals surface area contributed by atoms with E-state index in [9.17, 15) is 5.11 Å². The first-order valence-corrected chi connectivity index (χ1v) is 11.9. The smallest absolute Gasteiger partial charge is 0.0731 e. The van der Waals surface area contributed by atoms with Crippen molar-refractivity contribution in [2.75, 3.05) is 32.7 Å². The van der Waals surface area contributed by atoms with Crippen LogP contribution in [0.3, 0.4) is 0 Å². The van der Waals surface area contributed by atoms with E-state index in [1.165, 1.54) is 48.4 Å². The summed E-state index contributed by atoms with van der Waals surface area (Å²) in [6.45, 7) is 5.27. The van der Waals surface area contributed by atoms with Gasteiger partial charge in [0, 0.05) is 38.6 Å². The van der Waals surface area contributed by atoms with Crippen LogP contribution in [0.15, 0.2) is 42.5 Å². The molecule has 2 saturated carbocycles.